The third-order valence-corrected chi connectivity index (χ3v) is 3.90. The van der Waals surface area contributed by atoms with E-state index in [9.17, 15) is 22.8 Å². The molecule has 0 N–H and O–H groups in total. The fourth-order valence-corrected chi connectivity index (χ4v) is 2.67. The van der Waals surface area contributed by atoms with Crippen molar-refractivity contribution in [1.29, 1.82) is 0 Å². The molecule has 1 aliphatic carbocycles. The molecule has 128 valence electrons. The third kappa shape index (κ3) is 2.42. The van der Waals surface area contributed by atoms with Gasteiger partial charge in [0.05, 0.1) is 30.7 Å². The minimum absolute atomic E-state index is 0.0343. The van der Waals surface area contributed by atoms with E-state index >= 15 is 0 Å². The van der Waals surface area contributed by atoms with E-state index in [1.165, 1.54) is 4.57 Å². The summed E-state index contributed by atoms with van der Waals surface area (Å²) in [5.41, 5.74) is -1.27. The molecule has 0 spiro atoms. The Morgan fingerprint density at radius 2 is 2.08 bits per heavy atom. The number of carbonyl (C=O) groups excluding carboxylic acids is 1. The van der Waals surface area contributed by atoms with E-state index in [4.69, 9.17) is 9.47 Å². The van der Waals surface area contributed by atoms with E-state index in [2.05, 4.69) is 0 Å². The van der Waals surface area contributed by atoms with Crippen LogP contribution >= 0.6 is 0 Å². The molecule has 24 heavy (non-hydrogen) atoms. The van der Waals surface area contributed by atoms with E-state index < -0.39 is 41.0 Å². The van der Waals surface area contributed by atoms with Crippen LogP contribution in [0.15, 0.2) is 17.1 Å². The predicted molar refractivity (Wildman–Crippen MR) is 79.2 cm³/mol. The Kier molecular flexibility index (Phi) is 3.98. The van der Waals surface area contributed by atoms with Crippen molar-refractivity contribution in [2.24, 2.45) is 0 Å². The molecule has 1 aromatic carbocycles. The number of methoxy groups -OCH3 is 1. The van der Waals surface area contributed by atoms with Gasteiger partial charge in [0.1, 0.15) is 11.7 Å². The van der Waals surface area contributed by atoms with Crippen LogP contribution in [0.25, 0.3) is 10.9 Å². The van der Waals surface area contributed by atoms with Crippen molar-refractivity contribution < 1.29 is 27.4 Å². The van der Waals surface area contributed by atoms with Crippen LogP contribution in [-0.4, -0.2) is 30.4 Å². The summed E-state index contributed by atoms with van der Waals surface area (Å²) in [7, 11) is 1.12. The average Bonchev–Trinajstić information content (AvgIpc) is 3.26. The van der Waals surface area contributed by atoms with Crippen LogP contribution in [0.5, 0.6) is 5.75 Å². The van der Waals surface area contributed by atoms with Gasteiger partial charge in [-0.15, -0.1) is 0 Å². The molecule has 0 aliphatic heterocycles. The zero-order chi connectivity index (χ0) is 17.6. The molecule has 0 radical (unpaired) electrons. The summed E-state index contributed by atoms with van der Waals surface area (Å²) in [5, 5.41) is -0.268. The van der Waals surface area contributed by atoms with Gasteiger partial charge in [0.25, 0.3) is 0 Å². The monoisotopic (exact) mass is 341 g/mol. The lowest BCUT2D eigenvalue weighted by Gasteiger charge is -2.16. The molecule has 1 fully saturated rings. The Bertz CT molecular complexity index is 893. The Hall–Kier alpha value is -2.51. The second-order valence-corrected chi connectivity index (χ2v) is 5.42. The number of alkyl halides is 1. The van der Waals surface area contributed by atoms with Gasteiger partial charge < -0.3 is 14.0 Å². The van der Waals surface area contributed by atoms with Gasteiger partial charge in [0.2, 0.25) is 11.2 Å². The van der Waals surface area contributed by atoms with Crippen LogP contribution < -0.4 is 10.2 Å². The first-order valence-corrected chi connectivity index (χ1v) is 7.32. The number of ether oxygens (including phenoxy) is 2. The second-order valence-electron chi connectivity index (χ2n) is 5.42. The highest BCUT2D eigenvalue weighted by atomic mass is 19.2. The number of rotatable bonds is 4. The maximum Gasteiger partial charge on any atom is 0.343 e. The Morgan fingerprint density at radius 1 is 1.42 bits per heavy atom. The second kappa shape index (κ2) is 5.85. The molecular formula is C16H14F3NO4. The fraction of sp³-hybridized carbons (Fsp3) is 0.375. The summed E-state index contributed by atoms with van der Waals surface area (Å²) in [5.74, 6) is -3.98. The van der Waals surface area contributed by atoms with Crippen LogP contribution in [0.3, 0.4) is 0 Å². The molecule has 2 aromatic rings. The molecule has 5 nitrogen and oxygen atoms in total. The van der Waals surface area contributed by atoms with Crippen molar-refractivity contribution in [2.45, 2.75) is 25.6 Å². The number of aromatic nitrogens is 1. The number of hydrogen-bond acceptors (Lipinski definition) is 4. The van der Waals surface area contributed by atoms with E-state index in [-0.39, 0.29) is 29.5 Å². The van der Waals surface area contributed by atoms with Crippen molar-refractivity contribution in [3.8, 4) is 5.75 Å². The lowest BCUT2D eigenvalue weighted by molar-refractivity contribution is 0.0524. The van der Waals surface area contributed by atoms with Crippen molar-refractivity contribution >= 4 is 16.9 Å². The Morgan fingerprint density at radius 3 is 2.62 bits per heavy atom. The fourth-order valence-electron chi connectivity index (χ4n) is 2.67. The average molecular weight is 341 g/mol. The first kappa shape index (κ1) is 16.4. The number of pyridine rings is 1. The van der Waals surface area contributed by atoms with Gasteiger partial charge in [0.15, 0.2) is 11.6 Å². The molecule has 1 aromatic heterocycles. The third-order valence-electron chi connectivity index (χ3n) is 3.90. The first-order chi connectivity index (χ1) is 11.4. The topological polar surface area (TPSA) is 57.5 Å². The summed E-state index contributed by atoms with van der Waals surface area (Å²) in [4.78, 5) is 24.5. The SMILES string of the molecule is CCOC(=O)c1cn([C@@H]2C[C@H]2F)c2c(OC)c(F)c(F)cc2c1=O. The number of nitrogens with zero attached hydrogens (tertiary/aromatic N) is 1. The zero-order valence-electron chi connectivity index (χ0n) is 12.9. The van der Waals surface area contributed by atoms with Gasteiger partial charge in [-0.1, -0.05) is 0 Å². The van der Waals surface area contributed by atoms with Crippen LogP contribution in [0, 0.1) is 11.6 Å². The standard InChI is InChI=1S/C16H14F3NO4/c1-3-24-16(22)8-6-20(11-5-9(11)17)13-7(14(8)21)4-10(18)12(19)15(13)23-2/h4,6,9,11H,3,5H2,1-2H3/t9-,11-/m1/s1. The van der Waals surface area contributed by atoms with E-state index in [1.54, 1.807) is 6.92 Å². The molecule has 2 atom stereocenters. The maximum atomic E-state index is 14.0. The number of carbonyl (C=O) groups is 1. The number of halogens is 3. The lowest BCUT2D eigenvalue weighted by atomic mass is 10.1. The van der Waals surface area contributed by atoms with Gasteiger partial charge in [-0.05, 0) is 13.0 Å². The summed E-state index contributed by atoms with van der Waals surface area (Å²) in [6.45, 7) is 1.60. The quantitative estimate of drug-likeness (QED) is 0.803. The molecule has 8 heteroatoms. The molecule has 1 heterocycles. The smallest absolute Gasteiger partial charge is 0.343 e. The Labute approximate surface area is 134 Å². The van der Waals surface area contributed by atoms with Crippen LogP contribution in [0.1, 0.15) is 29.7 Å². The number of hydrogen-bond donors (Lipinski definition) is 0. The summed E-state index contributed by atoms with van der Waals surface area (Å²) in [6.07, 6.45) is 0.0541. The molecule has 0 saturated heterocycles. The minimum atomic E-state index is -1.29. The van der Waals surface area contributed by atoms with Crippen molar-refractivity contribution in [3.63, 3.8) is 0 Å². The molecule has 0 amide bonds. The molecule has 0 unspecified atom stereocenters. The lowest BCUT2D eigenvalue weighted by Crippen LogP contribution is -2.22. The normalized spacial score (nSPS) is 19.4. The molecule has 1 aliphatic rings. The van der Waals surface area contributed by atoms with Gasteiger partial charge >= 0.3 is 5.97 Å². The van der Waals surface area contributed by atoms with Crippen molar-refractivity contribution in [3.05, 3.63) is 39.7 Å². The molecular weight excluding hydrogens is 327 g/mol. The summed E-state index contributed by atoms with van der Waals surface area (Å²) in [6, 6.07) is 0.00436. The maximum absolute atomic E-state index is 14.0. The van der Waals surface area contributed by atoms with Crippen LogP contribution in [0.2, 0.25) is 0 Å². The highest BCUT2D eigenvalue weighted by Gasteiger charge is 2.41. The van der Waals surface area contributed by atoms with Crippen LogP contribution in [-0.2, 0) is 4.74 Å². The van der Waals surface area contributed by atoms with Gasteiger partial charge in [0, 0.05) is 12.6 Å². The largest absolute Gasteiger partial charge is 0.491 e. The van der Waals surface area contributed by atoms with E-state index in [0.717, 1.165) is 13.3 Å². The first-order valence-electron chi connectivity index (χ1n) is 7.32. The van der Waals surface area contributed by atoms with Crippen LogP contribution in [0.4, 0.5) is 13.2 Å². The highest BCUT2D eigenvalue weighted by molar-refractivity contribution is 5.95. The predicted octanol–water partition coefficient (Wildman–Crippen LogP) is 2.75. The Balaban J connectivity index is 2.40. The molecule has 3 rings (SSSR count). The van der Waals surface area contributed by atoms with Crippen molar-refractivity contribution in [2.75, 3.05) is 13.7 Å². The highest BCUT2D eigenvalue weighted by Crippen LogP contribution is 2.43. The number of fused-ring (bicyclic) bond motifs is 1. The number of benzene rings is 1. The molecule has 1 saturated carbocycles. The summed E-state index contributed by atoms with van der Waals surface area (Å²) >= 11 is 0. The van der Waals surface area contributed by atoms with E-state index in [0.29, 0.717) is 6.07 Å². The summed E-state index contributed by atoms with van der Waals surface area (Å²) < 4.78 is 52.3. The van der Waals surface area contributed by atoms with Gasteiger partial charge in [-0.2, -0.15) is 4.39 Å². The van der Waals surface area contributed by atoms with Crippen molar-refractivity contribution in [1.82, 2.24) is 4.57 Å². The van der Waals surface area contributed by atoms with E-state index in [1.807, 2.05) is 0 Å². The van der Waals surface area contributed by atoms with Gasteiger partial charge in [-0.3, -0.25) is 4.79 Å². The van der Waals surface area contributed by atoms with Gasteiger partial charge in [-0.25, -0.2) is 13.6 Å². The number of esters is 1. The molecule has 0 bridgehead atoms. The zero-order valence-corrected chi connectivity index (χ0v) is 12.9. The minimum Gasteiger partial charge on any atom is -0.491 e.